The van der Waals surface area contributed by atoms with Crippen LogP contribution in [0, 0.1) is 0 Å². The number of aliphatic carboxylic acids is 1. The van der Waals surface area contributed by atoms with E-state index < -0.39 is 5.97 Å². The third-order valence-electron chi connectivity index (χ3n) is 2.35. The lowest BCUT2D eigenvalue weighted by atomic mass is 10.0. The van der Waals surface area contributed by atoms with Crippen molar-refractivity contribution in [2.24, 2.45) is 0 Å². The van der Waals surface area contributed by atoms with Crippen molar-refractivity contribution in [3.63, 3.8) is 0 Å². The molecule has 1 aliphatic rings. The molecule has 1 unspecified atom stereocenters. The molecule has 76 valence electrons. The molecule has 4 nitrogen and oxygen atoms in total. The zero-order chi connectivity index (χ0) is 9.68. The Labute approximate surface area is 78.9 Å². The first kappa shape index (κ1) is 10.5. The molecule has 0 saturated carbocycles. The van der Waals surface area contributed by atoms with Gasteiger partial charge in [0.2, 0.25) is 0 Å². The molecule has 4 heteroatoms. The van der Waals surface area contributed by atoms with Crippen LogP contribution in [-0.2, 0) is 4.79 Å². The zero-order valence-corrected chi connectivity index (χ0v) is 8.12. The van der Waals surface area contributed by atoms with E-state index in [0.717, 1.165) is 13.1 Å². The van der Waals surface area contributed by atoms with E-state index in [1.165, 1.54) is 19.3 Å². The Kier molecular flexibility index (Phi) is 4.18. The predicted molar refractivity (Wildman–Crippen MR) is 50.8 cm³/mol. The molecule has 1 aliphatic heterocycles. The van der Waals surface area contributed by atoms with Crippen LogP contribution in [0.2, 0.25) is 0 Å². The first-order valence-corrected chi connectivity index (χ1v) is 4.82. The third kappa shape index (κ3) is 4.24. The van der Waals surface area contributed by atoms with Crippen molar-refractivity contribution in [1.82, 2.24) is 10.2 Å². The van der Waals surface area contributed by atoms with Crippen LogP contribution in [0.3, 0.4) is 0 Å². The number of piperidine rings is 1. The van der Waals surface area contributed by atoms with Gasteiger partial charge in [-0.1, -0.05) is 6.42 Å². The maximum Gasteiger partial charge on any atom is 0.317 e. The number of carboxylic acid groups (broad SMARTS) is 1. The minimum absolute atomic E-state index is 0.137. The van der Waals surface area contributed by atoms with E-state index in [4.69, 9.17) is 5.11 Å². The Hall–Kier alpha value is -0.610. The molecule has 1 atom stereocenters. The van der Waals surface area contributed by atoms with E-state index in [2.05, 4.69) is 5.32 Å². The van der Waals surface area contributed by atoms with Crippen molar-refractivity contribution >= 4 is 5.97 Å². The fourth-order valence-electron chi connectivity index (χ4n) is 1.75. The maximum absolute atomic E-state index is 10.4. The van der Waals surface area contributed by atoms with Gasteiger partial charge < -0.3 is 10.4 Å². The van der Waals surface area contributed by atoms with Crippen molar-refractivity contribution in [1.29, 1.82) is 0 Å². The number of rotatable bonds is 4. The Bertz CT molecular complexity index is 167. The highest BCUT2D eigenvalue weighted by Gasteiger charge is 2.15. The van der Waals surface area contributed by atoms with Crippen LogP contribution in [0.5, 0.6) is 0 Å². The van der Waals surface area contributed by atoms with E-state index in [0.29, 0.717) is 6.04 Å². The van der Waals surface area contributed by atoms with Crippen molar-refractivity contribution in [2.75, 3.05) is 26.7 Å². The van der Waals surface area contributed by atoms with Crippen LogP contribution < -0.4 is 5.32 Å². The number of hydrogen-bond donors (Lipinski definition) is 2. The monoisotopic (exact) mass is 186 g/mol. The quantitative estimate of drug-likeness (QED) is 0.656. The minimum Gasteiger partial charge on any atom is -0.480 e. The summed E-state index contributed by atoms with van der Waals surface area (Å²) in [6.07, 6.45) is 3.68. The first-order chi connectivity index (χ1) is 6.18. The summed E-state index contributed by atoms with van der Waals surface area (Å²) in [6.45, 7) is 2.05. The minimum atomic E-state index is -0.752. The molecule has 1 rings (SSSR count). The summed E-state index contributed by atoms with van der Waals surface area (Å²) in [7, 11) is 1.85. The van der Waals surface area contributed by atoms with Crippen molar-refractivity contribution in [3.8, 4) is 0 Å². The van der Waals surface area contributed by atoms with E-state index in [1.807, 2.05) is 11.9 Å². The Morgan fingerprint density at radius 1 is 1.62 bits per heavy atom. The summed E-state index contributed by atoms with van der Waals surface area (Å²) in [5.41, 5.74) is 0. The number of carbonyl (C=O) groups is 1. The summed E-state index contributed by atoms with van der Waals surface area (Å²) < 4.78 is 0. The van der Waals surface area contributed by atoms with E-state index in [1.54, 1.807) is 0 Å². The fourth-order valence-corrected chi connectivity index (χ4v) is 1.75. The Morgan fingerprint density at radius 2 is 2.38 bits per heavy atom. The zero-order valence-electron chi connectivity index (χ0n) is 8.12. The number of nitrogens with one attached hydrogen (secondary N) is 1. The van der Waals surface area contributed by atoms with Gasteiger partial charge in [0.05, 0.1) is 6.54 Å². The molecule has 0 bridgehead atoms. The molecule has 2 N–H and O–H groups in total. The fraction of sp³-hybridized carbons (Fsp3) is 0.889. The highest BCUT2D eigenvalue weighted by Crippen LogP contribution is 2.07. The average Bonchev–Trinajstić information content (AvgIpc) is 2.04. The standard InChI is InChI=1S/C9H18N2O2/c1-11(7-9(12)13)6-8-4-2-3-5-10-8/h8,10H,2-7H2,1H3,(H,12,13). The van der Waals surface area contributed by atoms with Gasteiger partial charge in [-0.15, -0.1) is 0 Å². The predicted octanol–water partition coefficient (Wildman–Crippen LogP) is 0.145. The van der Waals surface area contributed by atoms with Crippen LogP contribution >= 0.6 is 0 Å². The Balaban J connectivity index is 2.18. The second kappa shape index (κ2) is 5.19. The van der Waals surface area contributed by atoms with E-state index >= 15 is 0 Å². The van der Waals surface area contributed by atoms with E-state index in [9.17, 15) is 4.79 Å². The topological polar surface area (TPSA) is 52.6 Å². The second-order valence-electron chi connectivity index (χ2n) is 3.74. The van der Waals surface area contributed by atoms with Gasteiger partial charge in [0, 0.05) is 12.6 Å². The van der Waals surface area contributed by atoms with Crippen molar-refractivity contribution < 1.29 is 9.90 Å². The number of nitrogens with zero attached hydrogens (tertiary/aromatic N) is 1. The van der Waals surface area contributed by atoms with Crippen molar-refractivity contribution in [2.45, 2.75) is 25.3 Å². The molecule has 0 aromatic carbocycles. The van der Waals surface area contributed by atoms with Gasteiger partial charge in [-0.3, -0.25) is 9.69 Å². The van der Waals surface area contributed by atoms with Gasteiger partial charge in [0.1, 0.15) is 0 Å². The normalized spacial score (nSPS) is 23.4. The van der Waals surface area contributed by atoms with Crippen LogP contribution in [0.25, 0.3) is 0 Å². The van der Waals surface area contributed by atoms with Gasteiger partial charge in [0.15, 0.2) is 0 Å². The summed E-state index contributed by atoms with van der Waals surface area (Å²) >= 11 is 0. The van der Waals surface area contributed by atoms with Gasteiger partial charge in [0.25, 0.3) is 0 Å². The smallest absolute Gasteiger partial charge is 0.317 e. The molecule has 13 heavy (non-hydrogen) atoms. The Morgan fingerprint density at radius 3 is 2.92 bits per heavy atom. The summed E-state index contributed by atoms with van der Waals surface area (Å²) in [5.74, 6) is -0.752. The molecule has 1 fully saturated rings. The highest BCUT2D eigenvalue weighted by molar-refractivity contribution is 5.68. The molecule has 0 aromatic heterocycles. The van der Waals surface area contributed by atoms with Gasteiger partial charge >= 0.3 is 5.97 Å². The molecule has 0 radical (unpaired) electrons. The summed E-state index contributed by atoms with van der Waals surface area (Å²) in [5, 5.41) is 11.9. The van der Waals surface area contributed by atoms with E-state index in [-0.39, 0.29) is 6.54 Å². The molecule has 1 heterocycles. The average molecular weight is 186 g/mol. The second-order valence-corrected chi connectivity index (χ2v) is 3.74. The van der Waals surface area contributed by atoms with Crippen LogP contribution in [-0.4, -0.2) is 48.7 Å². The molecule has 0 spiro atoms. The summed E-state index contributed by atoms with van der Waals surface area (Å²) in [4.78, 5) is 12.2. The van der Waals surface area contributed by atoms with Crippen LogP contribution in [0.1, 0.15) is 19.3 Å². The van der Waals surface area contributed by atoms with Gasteiger partial charge in [-0.25, -0.2) is 0 Å². The molecule has 0 amide bonds. The maximum atomic E-state index is 10.4. The molecular formula is C9H18N2O2. The SMILES string of the molecule is CN(CC(=O)O)CC1CCCCN1. The summed E-state index contributed by atoms with van der Waals surface area (Å²) in [6, 6.07) is 0.484. The van der Waals surface area contributed by atoms with Crippen LogP contribution in [0.15, 0.2) is 0 Å². The lowest BCUT2D eigenvalue weighted by molar-refractivity contribution is -0.138. The largest absolute Gasteiger partial charge is 0.480 e. The van der Waals surface area contributed by atoms with Crippen molar-refractivity contribution in [3.05, 3.63) is 0 Å². The lowest BCUT2D eigenvalue weighted by Gasteiger charge is -2.27. The molecular weight excluding hydrogens is 168 g/mol. The van der Waals surface area contributed by atoms with Gasteiger partial charge in [-0.05, 0) is 26.4 Å². The van der Waals surface area contributed by atoms with Crippen LogP contribution in [0.4, 0.5) is 0 Å². The number of likely N-dealkylation sites (N-methyl/N-ethyl adjacent to an activating group) is 1. The molecule has 1 saturated heterocycles. The highest BCUT2D eigenvalue weighted by atomic mass is 16.4. The number of carboxylic acids is 1. The molecule has 0 aromatic rings. The molecule has 0 aliphatic carbocycles. The number of hydrogen-bond acceptors (Lipinski definition) is 3. The lowest BCUT2D eigenvalue weighted by Crippen LogP contribution is -2.43. The first-order valence-electron chi connectivity index (χ1n) is 4.82. The third-order valence-corrected chi connectivity index (χ3v) is 2.35. The van der Waals surface area contributed by atoms with Gasteiger partial charge in [-0.2, -0.15) is 0 Å².